The van der Waals surface area contributed by atoms with Crippen LogP contribution in [0, 0.1) is 6.92 Å². The van der Waals surface area contributed by atoms with Gasteiger partial charge in [0.15, 0.2) is 0 Å². The Balaban J connectivity index is 2.15. The van der Waals surface area contributed by atoms with Crippen molar-refractivity contribution in [1.29, 1.82) is 0 Å². The number of halogens is 1. The quantitative estimate of drug-likeness (QED) is 0.851. The number of hydrogen-bond donors (Lipinski definition) is 1. The van der Waals surface area contributed by atoms with E-state index in [0.29, 0.717) is 11.7 Å². The molecule has 0 saturated carbocycles. The number of anilines is 1. The number of aryl methyl sites for hydroxylation is 1. The van der Waals surface area contributed by atoms with Gasteiger partial charge in [0.05, 0.1) is 0 Å². The van der Waals surface area contributed by atoms with E-state index >= 15 is 0 Å². The topological polar surface area (TPSA) is 50.7 Å². The van der Waals surface area contributed by atoms with E-state index in [0.717, 1.165) is 35.6 Å². The van der Waals surface area contributed by atoms with Gasteiger partial charge in [-0.3, -0.25) is 4.98 Å². The Morgan fingerprint density at radius 2 is 2.16 bits per heavy atom. The molecule has 1 N–H and O–H groups in total. The number of aromatic nitrogens is 3. The minimum atomic E-state index is 0.520. The van der Waals surface area contributed by atoms with Crippen molar-refractivity contribution in [3.63, 3.8) is 0 Å². The van der Waals surface area contributed by atoms with Crippen LogP contribution in [0.25, 0.3) is 0 Å². The molecule has 0 fully saturated rings. The van der Waals surface area contributed by atoms with Gasteiger partial charge in [0.25, 0.3) is 0 Å². The van der Waals surface area contributed by atoms with Crippen molar-refractivity contribution in [2.45, 2.75) is 33.2 Å². The van der Waals surface area contributed by atoms with E-state index in [1.54, 1.807) is 6.20 Å². The molecular formula is C14H17ClN4. The lowest BCUT2D eigenvalue weighted by atomic mass is 10.2. The molecule has 0 aliphatic rings. The number of rotatable bonds is 5. The van der Waals surface area contributed by atoms with Crippen LogP contribution in [-0.2, 0) is 13.0 Å². The molecule has 0 spiro atoms. The lowest BCUT2D eigenvalue weighted by Crippen LogP contribution is -2.07. The van der Waals surface area contributed by atoms with Gasteiger partial charge in [-0.05, 0) is 25.0 Å². The summed E-state index contributed by atoms with van der Waals surface area (Å²) in [4.78, 5) is 12.9. The van der Waals surface area contributed by atoms with Gasteiger partial charge < -0.3 is 5.32 Å². The molecule has 0 saturated heterocycles. The van der Waals surface area contributed by atoms with Crippen LogP contribution in [0.4, 0.5) is 5.82 Å². The van der Waals surface area contributed by atoms with E-state index in [9.17, 15) is 0 Å². The predicted molar refractivity (Wildman–Crippen MR) is 77.3 cm³/mol. The lowest BCUT2D eigenvalue weighted by molar-refractivity contribution is 0.830. The first-order chi connectivity index (χ1) is 9.20. The molecule has 0 atom stereocenters. The summed E-state index contributed by atoms with van der Waals surface area (Å²) in [7, 11) is 0. The molecule has 2 aromatic rings. The van der Waals surface area contributed by atoms with Gasteiger partial charge in [0, 0.05) is 30.9 Å². The third-order valence-electron chi connectivity index (χ3n) is 2.79. The minimum absolute atomic E-state index is 0.520. The van der Waals surface area contributed by atoms with Crippen molar-refractivity contribution in [1.82, 2.24) is 15.0 Å². The zero-order chi connectivity index (χ0) is 13.7. The van der Waals surface area contributed by atoms with E-state index in [4.69, 9.17) is 11.6 Å². The molecule has 0 radical (unpaired) electrons. The second-order valence-electron chi connectivity index (χ2n) is 4.37. The lowest BCUT2D eigenvalue weighted by Gasteiger charge is -2.11. The van der Waals surface area contributed by atoms with Crippen LogP contribution in [0.1, 0.15) is 30.3 Å². The monoisotopic (exact) mass is 276 g/mol. The largest absolute Gasteiger partial charge is 0.366 e. The molecule has 0 bridgehead atoms. The average Bonchev–Trinajstić information content (AvgIpc) is 2.42. The maximum absolute atomic E-state index is 6.13. The van der Waals surface area contributed by atoms with Crippen LogP contribution < -0.4 is 5.32 Å². The fourth-order valence-electron chi connectivity index (χ4n) is 1.73. The standard InChI is InChI=1S/C14H17ClN4/c1-3-5-12-18-13(15)10(2)14(19-12)17-9-11-6-4-7-16-8-11/h4,6-8H,3,5,9H2,1-2H3,(H,17,18,19). The zero-order valence-electron chi connectivity index (χ0n) is 11.2. The van der Waals surface area contributed by atoms with E-state index in [1.165, 1.54) is 0 Å². The number of nitrogens with zero attached hydrogens (tertiary/aromatic N) is 3. The summed E-state index contributed by atoms with van der Waals surface area (Å²) in [6, 6.07) is 3.93. The van der Waals surface area contributed by atoms with Crippen LogP contribution in [-0.4, -0.2) is 15.0 Å². The summed E-state index contributed by atoms with van der Waals surface area (Å²) in [6.07, 6.45) is 5.43. The maximum atomic E-state index is 6.13. The average molecular weight is 277 g/mol. The molecule has 2 aromatic heterocycles. The van der Waals surface area contributed by atoms with Gasteiger partial charge in [0.2, 0.25) is 0 Å². The first kappa shape index (κ1) is 13.7. The molecule has 19 heavy (non-hydrogen) atoms. The fourth-order valence-corrected chi connectivity index (χ4v) is 1.92. The number of nitrogens with one attached hydrogen (secondary N) is 1. The minimum Gasteiger partial charge on any atom is -0.366 e. The SMILES string of the molecule is CCCc1nc(Cl)c(C)c(NCc2cccnc2)n1. The zero-order valence-corrected chi connectivity index (χ0v) is 11.9. The van der Waals surface area contributed by atoms with E-state index < -0.39 is 0 Å². The Bertz CT molecular complexity index is 543. The Morgan fingerprint density at radius 3 is 2.84 bits per heavy atom. The summed E-state index contributed by atoms with van der Waals surface area (Å²) in [5, 5.41) is 3.81. The molecule has 4 nitrogen and oxygen atoms in total. The summed E-state index contributed by atoms with van der Waals surface area (Å²) in [5.74, 6) is 1.58. The van der Waals surface area contributed by atoms with Crippen LogP contribution in [0.5, 0.6) is 0 Å². The molecule has 0 aromatic carbocycles. The summed E-state index contributed by atoms with van der Waals surface area (Å²) in [5.41, 5.74) is 1.99. The number of hydrogen-bond acceptors (Lipinski definition) is 4. The van der Waals surface area contributed by atoms with Crippen molar-refractivity contribution >= 4 is 17.4 Å². The second-order valence-corrected chi connectivity index (χ2v) is 4.73. The van der Waals surface area contributed by atoms with Gasteiger partial charge in [0.1, 0.15) is 16.8 Å². The van der Waals surface area contributed by atoms with Gasteiger partial charge in [-0.25, -0.2) is 9.97 Å². The predicted octanol–water partition coefficient (Wildman–Crippen LogP) is 3.40. The molecule has 100 valence electrons. The normalized spacial score (nSPS) is 10.5. The Labute approximate surface area is 118 Å². The summed E-state index contributed by atoms with van der Waals surface area (Å²) < 4.78 is 0. The van der Waals surface area contributed by atoms with Crippen molar-refractivity contribution in [2.75, 3.05) is 5.32 Å². The van der Waals surface area contributed by atoms with Crippen LogP contribution in [0.2, 0.25) is 5.15 Å². The molecule has 2 heterocycles. The Hall–Kier alpha value is -1.68. The molecule has 0 unspecified atom stereocenters. The van der Waals surface area contributed by atoms with Crippen molar-refractivity contribution in [3.8, 4) is 0 Å². The highest BCUT2D eigenvalue weighted by Gasteiger charge is 2.08. The highest BCUT2D eigenvalue weighted by Crippen LogP contribution is 2.20. The molecule has 5 heteroatoms. The van der Waals surface area contributed by atoms with Gasteiger partial charge in [-0.2, -0.15) is 0 Å². The smallest absolute Gasteiger partial charge is 0.137 e. The van der Waals surface area contributed by atoms with Crippen LogP contribution in [0.3, 0.4) is 0 Å². The third kappa shape index (κ3) is 3.64. The number of pyridine rings is 1. The molecule has 0 aliphatic carbocycles. The maximum Gasteiger partial charge on any atom is 0.137 e. The molecule has 2 rings (SSSR count). The highest BCUT2D eigenvalue weighted by atomic mass is 35.5. The van der Waals surface area contributed by atoms with Crippen LogP contribution in [0.15, 0.2) is 24.5 Å². The summed E-state index contributed by atoms with van der Waals surface area (Å²) >= 11 is 6.13. The summed E-state index contributed by atoms with van der Waals surface area (Å²) in [6.45, 7) is 4.69. The third-order valence-corrected chi connectivity index (χ3v) is 3.16. The van der Waals surface area contributed by atoms with E-state index in [2.05, 4.69) is 27.2 Å². The van der Waals surface area contributed by atoms with Crippen molar-refractivity contribution in [3.05, 3.63) is 46.6 Å². The first-order valence-corrected chi connectivity index (χ1v) is 6.74. The van der Waals surface area contributed by atoms with Crippen molar-refractivity contribution < 1.29 is 0 Å². The molecule has 0 amide bonds. The Morgan fingerprint density at radius 1 is 1.32 bits per heavy atom. The van der Waals surface area contributed by atoms with Gasteiger partial charge in [-0.15, -0.1) is 0 Å². The van der Waals surface area contributed by atoms with Crippen molar-refractivity contribution in [2.24, 2.45) is 0 Å². The van der Waals surface area contributed by atoms with Gasteiger partial charge >= 0.3 is 0 Å². The first-order valence-electron chi connectivity index (χ1n) is 6.36. The molecule has 0 aliphatic heterocycles. The highest BCUT2D eigenvalue weighted by molar-refractivity contribution is 6.30. The van der Waals surface area contributed by atoms with Crippen LogP contribution >= 0.6 is 11.6 Å². The molecular weight excluding hydrogens is 260 g/mol. The van der Waals surface area contributed by atoms with Gasteiger partial charge in [-0.1, -0.05) is 24.6 Å². The van der Waals surface area contributed by atoms with E-state index in [-0.39, 0.29) is 0 Å². The van der Waals surface area contributed by atoms with E-state index in [1.807, 2.05) is 25.3 Å². The fraction of sp³-hybridized carbons (Fsp3) is 0.357. The Kier molecular flexibility index (Phi) is 4.68. The second kappa shape index (κ2) is 6.48.